The highest BCUT2D eigenvalue weighted by Gasteiger charge is 2.21. The summed E-state index contributed by atoms with van der Waals surface area (Å²) in [7, 11) is 4.20. The number of benzene rings is 2. The van der Waals surface area contributed by atoms with E-state index in [0.29, 0.717) is 17.1 Å². The van der Waals surface area contributed by atoms with Crippen molar-refractivity contribution in [3.8, 4) is 11.5 Å². The number of carbonyl (C=O) groups is 3. The minimum atomic E-state index is -0.741. The number of methoxy groups -OCH3 is 3. The first-order chi connectivity index (χ1) is 14.4. The van der Waals surface area contributed by atoms with Crippen LogP contribution in [0.5, 0.6) is 11.5 Å². The maximum absolute atomic E-state index is 13.7. The van der Waals surface area contributed by atoms with E-state index in [1.54, 1.807) is 18.2 Å². The SMILES string of the molecule is COC(=O)C[C@@H](NC(=O)CNC(=O)c1ccccc1F)c1ccc(OC)c(OC)c1. The zero-order chi connectivity index (χ0) is 22.1. The van der Waals surface area contributed by atoms with Crippen molar-refractivity contribution in [3.05, 3.63) is 59.4 Å². The van der Waals surface area contributed by atoms with Crippen LogP contribution in [0.25, 0.3) is 0 Å². The fourth-order valence-corrected chi connectivity index (χ4v) is 2.72. The monoisotopic (exact) mass is 418 g/mol. The Balaban J connectivity index is 2.10. The highest BCUT2D eigenvalue weighted by Crippen LogP contribution is 2.31. The van der Waals surface area contributed by atoms with E-state index in [0.717, 1.165) is 6.07 Å². The summed E-state index contributed by atoms with van der Waals surface area (Å²) in [4.78, 5) is 36.2. The average Bonchev–Trinajstić information content (AvgIpc) is 2.76. The Morgan fingerprint density at radius 2 is 1.70 bits per heavy atom. The molecule has 2 N–H and O–H groups in total. The molecule has 2 aromatic carbocycles. The molecule has 0 aliphatic carbocycles. The largest absolute Gasteiger partial charge is 0.493 e. The van der Waals surface area contributed by atoms with Crippen LogP contribution in [0.4, 0.5) is 4.39 Å². The molecule has 160 valence electrons. The van der Waals surface area contributed by atoms with Gasteiger partial charge in [-0.05, 0) is 29.8 Å². The van der Waals surface area contributed by atoms with Gasteiger partial charge in [-0.25, -0.2) is 4.39 Å². The first kappa shape index (κ1) is 22.7. The second-order valence-electron chi connectivity index (χ2n) is 6.18. The van der Waals surface area contributed by atoms with E-state index in [9.17, 15) is 18.8 Å². The molecule has 0 aliphatic heterocycles. The Morgan fingerprint density at radius 1 is 1.00 bits per heavy atom. The van der Waals surface area contributed by atoms with Crippen LogP contribution >= 0.6 is 0 Å². The third-order valence-electron chi connectivity index (χ3n) is 4.27. The van der Waals surface area contributed by atoms with Gasteiger partial charge < -0.3 is 24.8 Å². The van der Waals surface area contributed by atoms with Crippen molar-refractivity contribution in [1.82, 2.24) is 10.6 Å². The van der Waals surface area contributed by atoms with Gasteiger partial charge in [-0.1, -0.05) is 18.2 Å². The summed E-state index contributed by atoms with van der Waals surface area (Å²) in [5.74, 6) is -1.61. The van der Waals surface area contributed by atoms with Crippen molar-refractivity contribution in [2.75, 3.05) is 27.9 Å². The molecule has 0 aliphatic rings. The number of hydrogen-bond donors (Lipinski definition) is 2. The minimum absolute atomic E-state index is 0.140. The Bertz CT molecular complexity index is 918. The summed E-state index contributed by atoms with van der Waals surface area (Å²) in [6, 6.07) is 9.64. The maximum atomic E-state index is 13.7. The van der Waals surface area contributed by atoms with Crippen molar-refractivity contribution < 1.29 is 33.0 Å². The third kappa shape index (κ3) is 5.94. The number of rotatable bonds is 9. The maximum Gasteiger partial charge on any atom is 0.307 e. The summed E-state index contributed by atoms with van der Waals surface area (Å²) >= 11 is 0. The Hall–Kier alpha value is -3.62. The zero-order valence-electron chi connectivity index (χ0n) is 16.9. The highest BCUT2D eigenvalue weighted by atomic mass is 19.1. The van der Waals surface area contributed by atoms with Gasteiger partial charge in [-0.2, -0.15) is 0 Å². The van der Waals surface area contributed by atoms with Crippen LogP contribution in [-0.4, -0.2) is 45.7 Å². The van der Waals surface area contributed by atoms with Gasteiger partial charge in [0.15, 0.2) is 11.5 Å². The Morgan fingerprint density at radius 3 is 2.33 bits per heavy atom. The second kappa shape index (κ2) is 10.8. The molecule has 0 bridgehead atoms. The van der Waals surface area contributed by atoms with Crippen LogP contribution in [0.1, 0.15) is 28.4 Å². The molecule has 0 heterocycles. The Kier molecular flexibility index (Phi) is 8.16. The van der Waals surface area contributed by atoms with Crippen LogP contribution in [-0.2, 0) is 14.3 Å². The number of hydrogen-bond acceptors (Lipinski definition) is 6. The molecular formula is C21H23FN2O6. The smallest absolute Gasteiger partial charge is 0.307 e. The molecule has 0 radical (unpaired) electrons. The molecule has 0 spiro atoms. The van der Waals surface area contributed by atoms with Gasteiger partial charge in [0.05, 0.1) is 45.9 Å². The fraction of sp³-hybridized carbons (Fsp3) is 0.286. The average molecular weight is 418 g/mol. The topological polar surface area (TPSA) is 103 Å². The van der Waals surface area contributed by atoms with E-state index < -0.39 is 36.2 Å². The molecule has 2 amide bonds. The van der Waals surface area contributed by atoms with Gasteiger partial charge in [0.1, 0.15) is 5.82 Å². The quantitative estimate of drug-likeness (QED) is 0.604. The lowest BCUT2D eigenvalue weighted by Gasteiger charge is -2.20. The van der Waals surface area contributed by atoms with Crippen LogP contribution in [0.2, 0.25) is 0 Å². The fourth-order valence-electron chi connectivity index (χ4n) is 2.72. The standard InChI is InChI=1S/C21H23FN2O6/c1-28-17-9-8-13(10-18(17)29-2)16(11-20(26)30-3)24-19(25)12-23-21(27)14-6-4-5-7-15(14)22/h4-10,16H,11-12H2,1-3H3,(H,23,27)(H,24,25)/t16-/m1/s1. The molecular weight excluding hydrogens is 395 g/mol. The summed E-state index contributed by atoms with van der Waals surface area (Å²) in [5.41, 5.74) is 0.406. The molecule has 0 saturated heterocycles. The van der Waals surface area contributed by atoms with E-state index in [2.05, 4.69) is 10.6 Å². The first-order valence-electron chi connectivity index (χ1n) is 9.00. The minimum Gasteiger partial charge on any atom is -0.493 e. The molecule has 0 unspecified atom stereocenters. The summed E-state index contributed by atoms with van der Waals surface area (Å²) in [6.07, 6.45) is -0.140. The number of halogens is 1. The molecule has 0 saturated carbocycles. The van der Waals surface area contributed by atoms with Crippen molar-refractivity contribution >= 4 is 17.8 Å². The zero-order valence-corrected chi connectivity index (χ0v) is 16.9. The van der Waals surface area contributed by atoms with Crippen molar-refractivity contribution in [2.45, 2.75) is 12.5 Å². The van der Waals surface area contributed by atoms with Crippen LogP contribution in [0.3, 0.4) is 0 Å². The van der Waals surface area contributed by atoms with Gasteiger partial charge in [-0.15, -0.1) is 0 Å². The summed E-state index contributed by atoms with van der Waals surface area (Å²) in [5, 5.41) is 5.02. The second-order valence-corrected chi connectivity index (χ2v) is 6.18. The lowest BCUT2D eigenvalue weighted by Crippen LogP contribution is -2.39. The van der Waals surface area contributed by atoms with Crippen LogP contribution in [0, 0.1) is 5.82 Å². The van der Waals surface area contributed by atoms with E-state index in [1.807, 2.05) is 0 Å². The van der Waals surface area contributed by atoms with Crippen molar-refractivity contribution in [3.63, 3.8) is 0 Å². The lowest BCUT2D eigenvalue weighted by molar-refractivity contribution is -0.141. The molecule has 2 aromatic rings. The van der Waals surface area contributed by atoms with E-state index in [4.69, 9.17) is 14.2 Å². The highest BCUT2D eigenvalue weighted by molar-refractivity contribution is 5.96. The molecule has 1 atom stereocenters. The van der Waals surface area contributed by atoms with E-state index in [1.165, 1.54) is 39.5 Å². The normalized spacial score (nSPS) is 11.2. The summed E-state index contributed by atoms with van der Waals surface area (Å²) < 4.78 is 28.8. The predicted octanol–water partition coefficient (Wildman–Crippen LogP) is 1.99. The Labute approximate surface area is 173 Å². The first-order valence-corrected chi connectivity index (χ1v) is 9.00. The van der Waals surface area contributed by atoms with Crippen LogP contribution < -0.4 is 20.1 Å². The molecule has 30 heavy (non-hydrogen) atoms. The number of carbonyl (C=O) groups excluding carboxylic acids is 3. The molecule has 2 rings (SSSR count). The molecule has 0 aromatic heterocycles. The molecule has 9 heteroatoms. The van der Waals surface area contributed by atoms with Gasteiger partial charge in [0, 0.05) is 0 Å². The number of ether oxygens (including phenoxy) is 3. The van der Waals surface area contributed by atoms with Gasteiger partial charge in [-0.3, -0.25) is 14.4 Å². The van der Waals surface area contributed by atoms with Crippen LogP contribution in [0.15, 0.2) is 42.5 Å². The predicted molar refractivity (Wildman–Crippen MR) is 106 cm³/mol. The van der Waals surface area contributed by atoms with E-state index >= 15 is 0 Å². The van der Waals surface area contributed by atoms with E-state index in [-0.39, 0.29) is 12.0 Å². The molecule has 8 nitrogen and oxygen atoms in total. The van der Waals surface area contributed by atoms with Gasteiger partial charge in [0.2, 0.25) is 5.91 Å². The number of nitrogens with one attached hydrogen (secondary N) is 2. The van der Waals surface area contributed by atoms with Crippen molar-refractivity contribution in [1.29, 1.82) is 0 Å². The third-order valence-corrected chi connectivity index (χ3v) is 4.27. The number of esters is 1. The molecule has 0 fully saturated rings. The lowest BCUT2D eigenvalue weighted by atomic mass is 10.0. The van der Waals surface area contributed by atoms with Crippen molar-refractivity contribution in [2.24, 2.45) is 0 Å². The number of amides is 2. The van der Waals surface area contributed by atoms with Gasteiger partial charge in [0.25, 0.3) is 5.91 Å². The van der Waals surface area contributed by atoms with Gasteiger partial charge >= 0.3 is 5.97 Å². The summed E-state index contributed by atoms with van der Waals surface area (Å²) in [6.45, 7) is -0.405.